The molecule has 4 nitrogen and oxygen atoms in total. The van der Waals surface area contributed by atoms with E-state index in [1.165, 1.54) is 17.2 Å². The van der Waals surface area contributed by atoms with Crippen LogP contribution in [0.1, 0.15) is 0 Å². The second-order valence-corrected chi connectivity index (χ2v) is 4.61. The first-order chi connectivity index (χ1) is 9.33. The van der Waals surface area contributed by atoms with Crippen molar-refractivity contribution >= 4 is 28.3 Å². The lowest BCUT2D eigenvalue weighted by Gasteiger charge is -2.07. The van der Waals surface area contributed by atoms with Crippen LogP contribution in [0, 0.1) is 0 Å². The summed E-state index contributed by atoms with van der Waals surface area (Å²) in [6.45, 7) is 1.65. The number of para-hydroxylation sites is 1. The Morgan fingerprint density at radius 3 is 2.95 bits per heavy atom. The zero-order chi connectivity index (χ0) is 13.1. The fourth-order valence-electron chi connectivity index (χ4n) is 2.07. The van der Waals surface area contributed by atoms with E-state index in [4.69, 9.17) is 11.6 Å². The third-order valence-corrected chi connectivity index (χ3v) is 3.18. The van der Waals surface area contributed by atoms with Gasteiger partial charge in [0, 0.05) is 30.9 Å². The van der Waals surface area contributed by atoms with E-state index in [2.05, 4.69) is 50.3 Å². The lowest BCUT2D eigenvalue weighted by atomic mass is 10.2. The molecular formula is C14H13ClN4. The largest absolute Gasteiger partial charge is 0.368 e. The molecule has 5 heteroatoms. The van der Waals surface area contributed by atoms with E-state index in [0.717, 1.165) is 18.9 Å². The van der Waals surface area contributed by atoms with Crippen LogP contribution in [0.15, 0.2) is 48.9 Å². The van der Waals surface area contributed by atoms with E-state index in [0.29, 0.717) is 5.15 Å². The molecule has 2 heterocycles. The highest BCUT2D eigenvalue weighted by Crippen LogP contribution is 2.15. The van der Waals surface area contributed by atoms with Gasteiger partial charge in [-0.15, -0.1) is 0 Å². The van der Waals surface area contributed by atoms with Crippen molar-refractivity contribution < 1.29 is 0 Å². The van der Waals surface area contributed by atoms with Crippen LogP contribution in [-0.4, -0.2) is 21.1 Å². The minimum atomic E-state index is 0.448. The van der Waals surface area contributed by atoms with Crippen LogP contribution >= 0.6 is 11.6 Å². The van der Waals surface area contributed by atoms with Crippen LogP contribution in [0.3, 0.4) is 0 Å². The number of hydrogen-bond donors (Lipinski definition) is 1. The van der Waals surface area contributed by atoms with Gasteiger partial charge in [-0.2, -0.15) is 0 Å². The SMILES string of the molecule is Clc1cc(NCCn2ccc3ccccc32)ncn1. The number of halogens is 1. The Labute approximate surface area is 116 Å². The van der Waals surface area contributed by atoms with Crippen LogP contribution in [-0.2, 0) is 6.54 Å². The number of aromatic nitrogens is 3. The van der Waals surface area contributed by atoms with Gasteiger partial charge in [-0.05, 0) is 17.5 Å². The Bertz CT molecular complexity index is 692. The summed E-state index contributed by atoms with van der Waals surface area (Å²) in [5.41, 5.74) is 1.24. The molecular weight excluding hydrogens is 260 g/mol. The van der Waals surface area contributed by atoms with Gasteiger partial charge >= 0.3 is 0 Å². The predicted molar refractivity (Wildman–Crippen MR) is 77.5 cm³/mol. The number of nitrogens with zero attached hydrogens (tertiary/aromatic N) is 3. The second kappa shape index (κ2) is 5.28. The summed E-state index contributed by atoms with van der Waals surface area (Å²) in [7, 11) is 0. The molecule has 0 bridgehead atoms. The lowest BCUT2D eigenvalue weighted by Crippen LogP contribution is -2.10. The van der Waals surface area contributed by atoms with Crippen LogP contribution < -0.4 is 5.32 Å². The molecule has 0 saturated carbocycles. The molecule has 0 aliphatic rings. The fraction of sp³-hybridized carbons (Fsp3) is 0.143. The molecule has 1 aromatic carbocycles. The summed E-state index contributed by atoms with van der Waals surface area (Å²) >= 11 is 5.81. The van der Waals surface area contributed by atoms with Gasteiger partial charge in [-0.3, -0.25) is 0 Å². The topological polar surface area (TPSA) is 42.7 Å². The first-order valence-electron chi connectivity index (χ1n) is 6.08. The molecule has 0 radical (unpaired) electrons. The van der Waals surface area contributed by atoms with Crippen molar-refractivity contribution in [2.75, 3.05) is 11.9 Å². The third kappa shape index (κ3) is 2.69. The smallest absolute Gasteiger partial charge is 0.134 e. The van der Waals surface area contributed by atoms with Gasteiger partial charge in [-0.25, -0.2) is 9.97 Å². The van der Waals surface area contributed by atoms with Crippen LogP contribution in [0.4, 0.5) is 5.82 Å². The molecule has 19 heavy (non-hydrogen) atoms. The van der Waals surface area contributed by atoms with Crippen molar-refractivity contribution in [3.05, 3.63) is 54.1 Å². The normalized spacial score (nSPS) is 10.8. The highest BCUT2D eigenvalue weighted by atomic mass is 35.5. The maximum Gasteiger partial charge on any atom is 0.134 e. The molecule has 0 saturated heterocycles. The summed E-state index contributed by atoms with van der Waals surface area (Å²) in [5.74, 6) is 0.747. The quantitative estimate of drug-likeness (QED) is 0.742. The first kappa shape index (κ1) is 12.0. The minimum Gasteiger partial charge on any atom is -0.368 e. The van der Waals surface area contributed by atoms with Crippen LogP contribution in [0.2, 0.25) is 5.15 Å². The van der Waals surface area contributed by atoms with Gasteiger partial charge in [0.05, 0.1) is 0 Å². The van der Waals surface area contributed by atoms with E-state index in [9.17, 15) is 0 Å². The molecule has 3 rings (SSSR count). The molecule has 0 spiro atoms. The van der Waals surface area contributed by atoms with Gasteiger partial charge in [0.25, 0.3) is 0 Å². The molecule has 1 N–H and O–H groups in total. The summed E-state index contributed by atoms with van der Waals surface area (Å²) < 4.78 is 2.21. The Hall–Kier alpha value is -2.07. The number of rotatable bonds is 4. The predicted octanol–water partition coefficient (Wildman–Crippen LogP) is 3.20. The van der Waals surface area contributed by atoms with Gasteiger partial charge in [-0.1, -0.05) is 29.8 Å². The van der Waals surface area contributed by atoms with Gasteiger partial charge < -0.3 is 9.88 Å². The van der Waals surface area contributed by atoms with Crippen molar-refractivity contribution in [3.63, 3.8) is 0 Å². The van der Waals surface area contributed by atoms with E-state index in [1.54, 1.807) is 6.07 Å². The number of anilines is 1. The number of hydrogen-bond acceptors (Lipinski definition) is 3. The third-order valence-electron chi connectivity index (χ3n) is 2.97. The molecule has 2 aromatic heterocycles. The molecule has 96 valence electrons. The number of fused-ring (bicyclic) bond motifs is 1. The fourth-order valence-corrected chi connectivity index (χ4v) is 2.22. The molecule has 0 atom stereocenters. The zero-order valence-corrected chi connectivity index (χ0v) is 11.0. The highest BCUT2D eigenvalue weighted by Gasteiger charge is 2.00. The standard InChI is InChI=1S/C14H13ClN4/c15-13-9-14(18-10-17-13)16-6-8-19-7-5-11-3-1-2-4-12(11)19/h1-5,7,9-10H,6,8H2,(H,16,17,18). The van der Waals surface area contributed by atoms with Crippen LogP contribution in [0.25, 0.3) is 10.9 Å². The summed E-state index contributed by atoms with van der Waals surface area (Å²) in [4.78, 5) is 7.95. The molecule has 0 amide bonds. The Morgan fingerprint density at radius 2 is 2.05 bits per heavy atom. The minimum absolute atomic E-state index is 0.448. The molecule has 0 aliphatic heterocycles. The molecule has 0 aliphatic carbocycles. The van der Waals surface area contributed by atoms with Crippen molar-refractivity contribution in [1.29, 1.82) is 0 Å². The molecule has 0 fully saturated rings. The van der Waals surface area contributed by atoms with E-state index in [1.807, 2.05) is 6.07 Å². The average molecular weight is 273 g/mol. The highest BCUT2D eigenvalue weighted by molar-refractivity contribution is 6.29. The van der Waals surface area contributed by atoms with Crippen LogP contribution in [0.5, 0.6) is 0 Å². The van der Waals surface area contributed by atoms with Crippen molar-refractivity contribution in [2.45, 2.75) is 6.54 Å². The average Bonchev–Trinajstić information content (AvgIpc) is 2.83. The van der Waals surface area contributed by atoms with Gasteiger partial charge in [0.1, 0.15) is 17.3 Å². The molecule has 3 aromatic rings. The zero-order valence-electron chi connectivity index (χ0n) is 10.3. The summed E-state index contributed by atoms with van der Waals surface area (Å²) in [5, 5.41) is 4.94. The Morgan fingerprint density at radius 1 is 1.16 bits per heavy atom. The van der Waals surface area contributed by atoms with Crippen molar-refractivity contribution in [2.24, 2.45) is 0 Å². The lowest BCUT2D eigenvalue weighted by molar-refractivity contribution is 0.755. The van der Waals surface area contributed by atoms with E-state index in [-0.39, 0.29) is 0 Å². The number of benzene rings is 1. The first-order valence-corrected chi connectivity index (χ1v) is 6.46. The van der Waals surface area contributed by atoms with E-state index >= 15 is 0 Å². The van der Waals surface area contributed by atoms with Crippen molar-refractivity contribution in [3.8, 4) is 0 Å². The maximum absolute atomic E-state index is 5.81. The Balaban J connectivity index is 1.66. The number of nitrogens with one attached hydrogen (secondary N) is 1. The summed E-state index contributed by atoms with van der Waals surface area (Å²) in [6.07, 6.45) is 3.55. The van der Waals surface area contributed by atoms with Gasteiger partial charge in [0.15, 0.2) is 0 Å². The molecule has 0 unspecified atom stereocenters. The monoisotopic (exact) mass is 272 g/mol. The second-order valence-electron chi connectivity index (χ2n) is 4.22. The maximum atomic E-state index is 5.81. The van der Waals surface area contributed by atoms with Gasteiger partial charge in [0.2, 0.25) is 0 Å². The van der Waals surface area contributed by atoms with E-state index < -0.39 is 0 Å². The van der Waals surface area contributed by atoms with Crippen molar-refractivity contribution in [1.82, 2.24) is 14.5 Å². The summed E-state index contributed by atoms with van der Waals surface area (Å²) in [6, 6.07) is 12.2. The Kier molecular flexibility index (Phi) is 3.33.